The maximum atomic E-state index is 13.1. The molecule has 2 aromatic carbocycles. The number of sulfonamides is 1. The van der Waals surface area contributed by atoms with Crippen molar-refractivity contribution in [3.63, 3.8) is 0 Å². The fraction of sp³-hybridized carbons (Fsp3) is 0.360. The molecule has 4 heterocycles. The summed E-state index contributed by atoms with van der Waals surface area (Å²) in [6.45, 7) is 4.44. The van der Waals surface area contributed by atoms with Gasteiger partial charge in [0.05, 0.1) is 28.3 Å². The number of nitrogens with one attached hydrogen (secondary N) is 1. The molecule has 10 heteroatoms. The highest BCUT2D eigenvalue weighted by Crippen LogP contribution is 2.32. The van der Waals surface area contributed by atoms with Crippen molar-refractivity contribution in [3.8, 4) is 0 Å². The van der Waals surface area contributed by atoms with Crippen molar-refractivity contribution in [1.82, 2.24) is 14.7 Å². The summed E-state index contributed by atoms with van der Waals surface area (Å²) in [5.74, 6) is 1.69. The van der Waals surface area contributed by atoms with Crippen molar-refractivity contribution in [1.29, 1.82) is 0 Å². The van der Waals surface area contributed by atoms with E-state index in [-0.39, 0.29) is 6.04 Å². The van der Waals surface area contributed by atoms with E-state index in [1.165, 1.54) is 0 Å². The van der Waals surface area contributed by atoms with Crippen molar-refractivity contribution < 1.29 is 13.2 Å². The minimum atomic E-state index is -3.59. The van der Waals surface area contributed by atoms with Gasteiger partial charge < -0.3 is 14.5 Å². The van der Waals surface area contributed by atoms with E-state index < -0.39 is 10.0 Å². The smallest absolute Gasteiger partial charge is 0.240 e. The third kappa shape index (κ3) is 4.58. The Kier molecular flexibility index (Phi) is 6.05. The highest BCUT2D eigenvalue weighted by Gasteiger charge is 2.27. The molecule has 2 saturated heterocycles. The maximum Gasteiger partial charge on any atom is 0.240 e. The minimum absolute atomic E-state index is 0.119. The van der Waals surface area contributed by atoms with Crippen LogP contribution in [0.2, 0.25) is 0 Å². The fourth-order valence-electron chi connectivity index (χ4n) is 4.79. The average Bonchev–Trinajstić information content (AvgIpc) is 3.37. The topological polar surface area (TPSA) is 87.7 Å². The van der Waals surface area contributed by atoms with Crippen molar-refractivity contribution >= 4 is 54.1 Å². The molecule has 2 aliphatic heterocycles. The number of hydrogen-bond donors (Lipinski definition) is 1. The molecule has 0 amide bonds. The third-order valence-electron chi connectivity index (χ3n) is 6.72. The van der Waals surface area contributed by atoms with Gasteiger partial charge in [-0.3, -0.25) is 0 Å². The molecule has 2 aromatic heterocycles. The molecule has 0 unspecified atom stereocenters. The molecule has 0 spiro atoms. The molecule has 0 aliphatic carbocycles. The zero-order valence-corrected chi connectivity index (χ0v) is 20.9. The first-order valence-electron chi connectivity index (χ1n) is 11.9. The summed E-state index contributed by atoms with van der Waals surface area (Å²) >= 11 is 1.67. The first-order valence-corrected chi connectivity index (χ1v) is 14.3. The SMILES string of the molecule is O=S(=O)(NC1CCN(c2nc(N3CCOCC3)c3sccc3n2)CC1)c1ccc2ccccc2c1. The van der Waals surface area contributed by atoms with E-state index in [2.05, 4.69) is 19.9 Å². The van der Waals surface area contributed by atoms with E-state index in [0.717, 1.165) is 39.9 Å². The van der Waals surface area contributed by atoms with Crippen LogP contribution in [0, 0.1) is 0 Å². The number of thiophene rings is 1. The Hall–Kier alpha value is -2.79. The molecule has 8 nitrogen and oxygen atoms in total. The number of ether oxygens (including phenoxy) is 1. The van der Waals surface area contributed by atoms with Crippen molar-refractivity contribution in [3.05, 3.63) is 53.9 Å². The molecule has 0 radical (unpaired) electrons. The second-order valence-electron chi connectivity index (χ2n) is 8.97. The molecule has 2 fully saturated rings. The van der Waals surface area contributed by atoms with Gasteiger partial charge in [-0.1, -0.05) is 30.3 Å². The lowest BCUT2D eigenvalue weighted by Crippen LogP contribution is -2.45. The Labute approximate surface area is 208 Å². The lowest BCUT2D eigenvalue weighted by Gasteiger charge is -2.33. The van der Waals surface area contributed by atoms with E-state index in [1.54, 1.807) is 23.5 Å². The number of benzene rings is 2. The van der Waals surface area contributed by atoms with Gasteiger partial charge in [0, 0.05) is 32.2 Å². The molecule has 4 aromatic rings. The Morgan fingerprint density at radius 1 is 0.914 bits per heavy atom. The van der Waals surface area contributed by atoms with E-state index in [4.69, 9.17) is 14.7 Å². The maximum absolute atomic E-state index is 13.1. The molecule has 0 atom stereocenters. The van der Waals surface area contributed by atoms with Gasteiger partial charge >= 0.3 is 0 Å². The predicted octanol–water partition coefficient (Wildman–Crippen LogP) is 3.63. The first-order chi connectivity index (χ1) is 17.1. The number of anilines is 2. The second-order valence-corrected chi connectivity index (χ2v) is 11.6. The van der Waals surface area contributed by atoms with Crippen LogP contribution in [-0.2, 0) is 14.8 Å². The van der Waals surface area contributed by atoms with Gasteiger partial charge in [-0.2, -0.15) is 4.98 Å². The van der Waals surface area contributed by atoms with Gasteiger partial charge in [0.2, 0.25) is 16.0 Å². The number of hydrogen-bond acceptors (Lipinski definition) is 8. The van der Waals surface area contributed by atoms with Gasteiger partial charge in [0.15, 0.2) is 5.82 Å². The monoisotopic (exact) mass is 509 g/mol. The zero-order valence-electron chi connectivity index (χ0n) is 19.3. The Bertz CT molecular complexity index is 1460. The minimum Gasteiger partial charge on any atom is -0.378 e. The van der Waals surface area contributed by atoms with Gasteiger partial charge in [-0.25, -0.2) is 18.1 Å². The van der Waals surface area contributed by atoms with Crippen LogP contribution in [0.3, 0.4) is 0 Å². The number of piperidine rings is 1. The van der Waals surface area contributed by atoms with Crippen LogP contribution in [0.5, 0.6) is 0 Å². The van der Waals surface area contributed by atoms with Crippen LogP contribution < -0.4 is 14.5 Å². The molecular formula is C25H27N5O3S2. The van der Waals surface area contributed by atoms with Crippen molar-refractivity contribution in [2.24, 2.45) is 0 Å². The molecule has 35 heavy (non-hydrogen) atoms. The standard InChI is InChI=1S/C25H27N5O3S2/c31-35(32,21-6-5-18-3-1-2-4-19(18)17-21)28-20-7-10-30(11-8-20)25-26-22-9-16-34-23(22)24(27-25)29-12-14-33-15-13-29/h1-6,9,16-17,20,28H,7-8,10-15H2. The molecule has 6 rings (SSSR count). The molecule has 1 N–H and O–H groups in total. The van der Waals surface area contributed by atoms with Gasteiger partial charge in [-0.05, 0) is 47.2 Å². The highest BCUT2D eigenvalue weighted by atomic mass is 32.2. The Morgan fingerprint density at radius 2 is 1.69 bits per heavy atom. The van der Waals surface area contributed by atoms with Crippen LogP contribution in [-0.4, -0.2) is 63.8 Å². The first kappa shape index (κ1) is 22.7. The predicted molar refractivity (Wildman–Crippen MR) is 140 cm³/mol. The third-order valence-corrected chi connectivity index (χ3v) is 9.13. The lowest BCUT2D eigenvalue weighted by atomic mass is 10.1. The van der Waals surface area contributed by atoms with E-state index in [9.17, 15) is 8.42 Å². The second kappa shape index (κ2) is 9.34. The number of aromatic nitrogens is 2. The quantitative estimate of drug-likeness (QED) is 0.440. The summed E-state index contributed by atoms with van der Waals surface area (Å²) in [5, 5.41) is 4.00. The molecule has 2 aliphatic rings. The number of nitrogens with zero attached hydrogens (tertiary/aromatic N) is 4. The Balaban J connectivity index is 1.16. The summed E-state index contributed by atoms with van der Waals surface area (Å²) < 4.78 is 35.7. The van der Waals surface area contributed by atoms with Gasteiger partial charge in [0.1, 0.15) is 0 Å². The fourth-order valence-corrected chi connectivity index (χ4v) is 6.97. The van der Waals surface area contributed by atoms with Gasteiger partial charge in [-0.15, -0.1) is 11.3 Å². The molecular weight excluding hydrogens is 482 g/mol. The van der Waals surface area contributed by atoms with Crippen molar-refractivity contribution in [2.75, 3.05) is 49.2 Å². The van der Waals surface area contributed by atoms with Gasteiger partial charge in [0.25, 0.3) is 0 Å². The summed E-state index contributed by atoms with van der Waals surface area (Å²) in [6, 6.07) is 15.0. The van der Waals surface area contributed by atoms with Crippen LogP contribution in [0.4, 0.5) is 11.8 Å². The van der Waals surface area contributed by atoms with E-state index >= 15 is 0 Å². The summed E-state index contributed by atoms with van der Waals surface area (Å²) in [4.78, 5) is 14.5. The Morgan fingerprint density at radius 3 is 2.49 bits per heavy atom. The van der Waals surface area contributed by atoms with Crippen LogP contribution in [0.15, 0.2) is 58.8 Å². The normalized spacial score (nSPS) is 17.9. The zero-order chi connectivity index (χ0) is 23.8. The van der Waals surface area contributed by atoms with Crippen molar-refractivity contribution in [2.45, 2.75) is 23.8 Å². The molecule has 182 valence electrons. The summed E-state index contributed by atoms with van der Waals surface area (Å²) in [5.41, 5.74) is 0.959. The summed E-state index contributed by atoms with van der Waals surface area (Å²) in [7, 11) is -3.59. The molecule has 0 bridgehead atoms. The number of morpholine rings is 1. The van der Waals surface area contributed by atoms with E-state index in [1.807, 2.05) is 36.4 Å². The van der Waals surface area contributed by atoms with Crippen LogP contribution in [0.1, 0.15) is 12.8 Å². The highest BCUT2D eigenvalue weighted by molar-refractivity contribution is 7.89. The van der Waals surface area contributed by atoms with E-state index in [0.29, 0.717) is 50.0 Å². The van der Waals surface area contributed by atoms with Crippen LogP contribution in [0.25, 0.3) is 21.0 Å². The number of rotatable bonds is 5. The largest absolute Gasteiger partial charge is 0.378 e. The summed E-state index contributed by atoms with van der Waals surface area (Å²) in [6.07, 6.45) is 1.40. The molecule has 0 saturated carbocycles. The lowest BCUT2D eigenvalue weighted by molar-refractivity contribution is 0.122. The number of fused-ring (bicyclic) bond motifs is 2. The van der Waals surface area contributed by atoms with Crippen LogP contribution >= 0.6 is 11.3 Å². The average molecular weight is 510 g/mol.